The van der Waals surface area contributed by atoms with E-state index in [1.807, 2.05) is 18.2 Å². The minimum atomic E-state index is -0.476. The van der Waals surface area contributed by atoms with Crippen molar-refractivity contribution in [3.8, 4) is 0 Å². The van der Waals surface area contributed by atoms with Gasteiger partial charge in [0.05, 0.1) is 18.4 Å². The van der Waals surface area contributed by atoms with Crippen LogP contribution < -0.4 is 10.2 Å². The molecule has 3 rings (SSSR count). The fourth-order valence-electron chi connectivity index (χ4n) is 2.75. The Morgan fingerprint density at radius 1 is 1.04 bits per heavy atom. The highest BCUT2D eigenvalue weighted by molar-refractivity contribution is 6.00. The highest BCUT2D eigenvalue weighted by Gasteiger charge is 2.23. The second kappa shape index (κ2) is 7.65. The lowest BCUT2D eigenvalue weighted by molar-refractivity contribution is 0.0602. The minimum absolute atomic E-state index is 0.225. The van der Waals surface area contributed by atoms with Gasteiger partial charge in [0, 0.05) is 32.4 Å². The van der Waals surface area contributed by atoms with Gasteiger partial charge in [-0.05, 0) is 24.3 Å². The quantitative estimate of drug-likeness (QED) is 0.867. The molecule has 1 fully saturated rings. The maximum atomic E-state index is 12.5. The molecular weight excluding hydrogens is 320 g/mol. The Hall–Kier alpha value is -3.09. The van der Waals surface area contributed by atoms with E-state index in [9.17, 15) is 9.59 Å². The van der Waals surface area contributed by atoms with Crippen molar-refractivity contribution in [2.75, 3.05) is 43.5 Å². The molecule has 2 aromatic rings. The first kappa shape index (κ1) is 16.8. The summed E-state index contributed by atoms with van der Waals surface area (Å²) >= 11 is 0. The van der Waals surface area contributed by atoms with E-state index in [0.29, 0.717) is 37.4 Å². The fraction of sp³-hybridized carbons (Fsp3) is 0.278. The zero-order chi connectivity index (χ0) is 17.6. The summed E-state index contributed by atoms with van der Waals surface area (Å²) in [4.78, 5) is 32.5. The molecule has 0 spiro atoms. The van der Waals surface area contributed by atoms with E-state index in [1.165, 1.54) is 7.11 Å². The number of anilines is 2. The third-order valence-corrected chi connectivity index (χ3v) is 4.11. The number of aromatic nitrogens is 1. The number of urea groups is 1. The molecule has 1 N–H and O–H groups in total. The number of hydrogen-bond acceptors (Lipinski definition) is 5. The number of nitrogens with one attached hydrogen (secondary N) is 1. The van der Waals surface area contributed by atoms with Crippen LogP contribution in [-0.2, 0) is 4.74 Å². The van der Waals surface area contributed by atoms with Crippen LogP contribution in [-0.4, -0.2) is 55.2 Å². The minimum Gasteiger partial charge on any atom is -0.465 e. The number of carbonyl (C=O) groups is 2. The van der Waals surface area contributed by atoms with Crippen LogP contribution in [0.2, 0.25) is 0 Å². The number of esters is 1. The monoisotopic (exact) mass is 340 g/mol. The van der Waals surface area contributed by atoms with Crippen molar-refractivity contribution >= 4 is 23.5 Å². The summed E-state index contributed by atoms with van der Waals surface area (Å²) in [5, 5.41) is 2.80. The van der Waals surface area contributed by atoms with Crippen molar-refractivity contribution < 1.29 is 14.3 Å². The Kier molecular flexibility index (Phi) is 5.13. The number of benzene rings is 1. The molecule has 2 heterocycles. The lowest BCUT2D eigenvalue weighted by Gasteiger charge is -2.35. The molecule has 1 aliphatic rings. The number of para-hydroxylation sites is 1. The van der Waals surface area contributed by atoms with Crippen molar-refractivity contribution in [2.24, 2.45) is 0 Å². The fourth-order valence-corrected chi connectivity index (χ4v) is 2.75. The van der Waals surface area contributed by atoms with Crippen LogP contribution in [0.4, 0.5) is 16.3 Å². The molecule has 2 amide bonds. The van der Waals surface area contributed by atoms with Crippen molar-refractivity contribution in [2.45, 2.75) is 0 Å². The predicted molar refractivity (Wildman–Crippen MR) is 94.8 cm³/mol. The Labute approximate surface area is 146 Å². The Morgan fingerprint density at radius 2 is 1.76 bits per heavy atom. The van der Waals surface area contributed by atoms with Gasteiger partial charge in [-0.2, -0.15) is 0 Å². The van der Waals surface area contributed by atoms with Crippen molar-refractivity contribution in [1.29, 1.82) is 0 Å². The second-order valence-corrected chi connectivity index (χ2v) is 5.63. The average Bonchev–Trinajstić information content (AvgIpc) is 2.68. The predicted octanol–water partition coefficient (Wildman–Crippen LogP) is 2.22. The SMILES string of the molecule is COC(=O)c1ccccc1NC(=O)N1CCN(c2ccccn2)CC1. The van der Waals surface area contributed by atoms with E-state index in [-0.39, 0.29) is 6.03 Å². The van der Waals surface area contributed by atoms with Gasteiger partial charge in [-0.15, -0.1) is 0 Å². The number of hydrogen-bond donors (Lipinski definition) is 1. The average molecular weight is 340 g/mol. The lowest BCUT2D eigenvalue weighted by Crippen LogP contribution is -2.50. The van der Waals surface area contributed by atoms with Gasteiger partial charge in [-0.1, -0.05) is 18.2 Å². The maximum Gasteiger partial charge on any atom is 0.339 e. The van der Waals surface area contributed by atoms with E-state index in [4.69, 9.17) is 4.74 Å². The topological polar surface area (TPSA) is 74.8 Å². The molecule has 25 heavy (non-hydrogen) atoms. The van der Waals surface area contributed by atoms with Gasteiger partial charge in [0.1, 0.15) is 5.82 Å². The second-order valence-electron chi connectivity index (χ2n) is 5.63. The van der Waals surface area contributed by atoms with Gasteiger partial charge in [-0.3, -0.25) is 0 Å². The van der Waals surface area contributed by atoms with E-state index < -0.39 is 5.97 Å². The Balaban J connectivity index is 1.61. The van der Waals surface area contributed by atoms with Crippen LogP contribution in [0.5, 0.6) is 0 Å². The summed E-state index contributed by atoms with van der Waals surface area (Å²) in [6.07, 6.45) is 1.76. The lowest BCUT2D eigenvalue weighted by atomic mass is 10.2. The van der Waals surface area contributed by atoms with Crippen LogP contribution in [0, 0.1) is 0 Å². The molecule has 7 nitrogen and oxygen atoms in total. The zero-order valence-electron chi connectivity index (χ0n) is 14.0. The number of carbonyl (C=O) groups excluding carboxylic acids is 2. The molecule has 0 radical (unpaired) electrons. The normalized spacial score (nSPS) is 14.1. The van der Waals surface area contributed by atoms with Crippen molar-refractivity contribution in [3.63, 3.8) is 0 Å². The number of rotatable bonds is 3. The number of nitrogens with zero attached hydrogens (tertiary/aromatic N) is 3. The van der Waals surface area contributed by atoms with Crippen LogP contribution in [0.3, 0.4) is 0 Å². The smallest absolute Gasteiger partial charge is 0.339 e. The molecule has 0 saturated carbocycles. The van der Waals surface area contributed by atoms with Crippen molar-refractivity contribution in [1.82, 2.24) is 9.88 Å². The highest BCUT2D eigenvalue weighted by Crippen LogP contribution is 2.18. The summed E-state index contributed by atoms with van der Waals surface area (Å²) in [6, 6.07) is 12.4. The van der Waals surface area contributed by atoms with Crippen LogP contribution >= 0.6 is 0 Å². The summed E-state index contributed by atoms with van der Waals surface area (Å²) in [5.74, 6) is 0.439. The number of amides is 2. The van der Waals surface area contributed by atoms with Gasteiger partial charge in [0.2, 0.25) is 0 Å². The largest absolute Gasteiger partial charge is 0.465 e. The number of piperazine rings is 1. The van der Waals surface area contributed by atoms with E-state index >= 15 is 0 Å². The first-order valence-electron chi connectivity index (χ1n) is 8.08. The molecule has 0 aliphatic carbocycles. The van der Waals surface area contributed by atoms with Gasteiger partial charge in [0.15, 0.2) is 0 Å². The highest BCUT2D eigenvalue weighted by atomic mass is 16.5. The van der Waals surface area contributed by atoms with Gasteiger partial charge in [-0.25, -0.2) is 14.6 Å². The van der Waals surface area contributed by atoms with E-state index in [1.54, 1.807) is 35.4 Å². The molecule has 0 bridgehead atoms. The standard InChI is InChI=1S/C18H20N4O3/c1-25-17(23)14-6-2-3-7-15(14)20-18(24)22-12-10-21(11-13-22)16-8-4-5-9-19-16/h2-9H,10-13H2,1H3,(H,20,24). The van der Waals surface area contributed by atoms with E-state index in [0.717, 1.165) is 5.82 Å². The molecule has 1 aromatic carbocycles. The van der Waals surface area contributed by atoms with Crippen molar-refractivity contribution in [3.05, 3.63) is 54.2 Å². The number of pyridine rings is 1. The first-order chi connectivity index (χ1) is 12.2. The number of ether oxygens (including phenoxy) is 1. The third kappa shape index (κ3) is 3.88. The number of methoxy groups -OCH3 is 1. The molecular formula is C18H20N4O3. The molecule has 1 aromatic heterocycles. The van der Waals surface area contributed by atoms with Crippen LogP contribution in [0.1, 0.15) is 10.4 Å². The van der Waals surface area contributed by atoms with Gasteiger partial charge >= 0.3 is 12.0 Å². The Morgan fingerprint density at radius 3 is 2.44 bits per heavy atom. The maximum absolute atomic E-state index is 12.5. The zero-order valence-corrected chi connectivity index (χ0v) is 14.0. The van der Waals surface area contributed by atoms with Gasteiger partial charge < -0.3 is 19.9 Å². The summed E-state index contributed by atoms with van der Waals surface area (Å²) < 4.78 is 4.75. The molecule has 1 saturated heterocycles. The summed E-state index contributed by atoms with van der Waals surface area (Å²) in [6.45, 7) is 2.60. The van der Waals surface area contributed by atoms with Crippen LogP contribution in [0.15, 0.2) is 48.7 Å². The van der Waals surface area contributed by atoms with Gasteiger partial charge in [0.25, 0.3) is 0 Å². The molecule has 7 heteroatoms. The summed E-state index contributed by atoms with van der Waals surface area (Å²) in [7, 11) is 1.32. The molecule has 130 valence electrons. The molecule has 0 atom stereocenters. The van der Waals surface area contributed by atoms with E-state index in [2.05, 4.69) is 15.2 Å². The molecule has 1 aliphatic heterocycles. The first-order valence-corrected chi connectivity index (χ1v) is 8.08. The van der Waals surface area contributed by atoms with Crippen LogP contribution in [0.25, 0.3) is 0 Å². The Bertz CT molecular complexity index is 743. The summed E-state index contributed by atoms with van der Waals surface area (Å²) in [5.41, 5.74) is 0.789. The molecule has 0 unspecified atom stereocenters. The third-order valence-electron chi connectivity index (χ3n) is 4.11.